The number of nitriles is 1. The summed E-state index contributed by atoms with van der Waals surface area (Å²) in [6, 6.07) is 6.95. The number of rotatable bonds is 3. The smallest absolute Gasteiger partial charge is 0.287 e. The van der Waals surface area contributed by atoms with E-state index in [0.29, 0.717) is 18.0 Å². The molecule has 0 aliphatic heterocycles. The molecule has 0 aliphatic carbocycles. The molecular weight excluding hydrogens is 222 g/mol. The minimum atomic E-state index is -0.520. The molecular formula is C10H9N5O2. The fourth-order valence-corrected chi connectivity index (χ4v) is 1.39. The summed E-state index contributed by atoms with van der Waals surface area (Å²) in [5, 5.41) is 12.4. The van der Waals surface area contributed by atoms with Crippen LogP contribution in [0, 0.1) is 11.3 Å². The third kappa shape index (κ3) is 2.16. The van der Waals surface area contributed by atoms with E-state index in [4.69, 9.17) is 15.6 Å². The lowest BCUT2D eigenvalue weighted by molar-refractivity contribution is 0.0944. The summed E-state index contributed by atoms with van der Waals surface area (Å²) in [6.45, 7) is 0.334. The zero-order valence-electron chi connectivity index (χ0n) is 8.75. The molecule has 0 fully saturated rings. The van der Waals surface area contributed by atoms with Crippen molar-refractivity contribution in [1.82, 2.24) is 15.1 Å². The van der Waals surface area contributed by atoms with Gasteiger partial charge in [-0.1, -0.05) is 5.16 Å². The number of nitrogens with zero attached hydrogens (tertiary/aromatic N) is 3. The molecule has 0 saturated carbocycles. The van der Waals surface area contributed by atoms with E-state index < -0.39 is 5.91 Å². The number of carbonyl (C=O) groups is 1. The number of aromatic nitrogens is 2. The van der Waals surface area contributed by atoms with Gasteiger partial charge in [-0.2, -0.15) is 5.26 Å². The van der Waals surface area contributed by atoms with Crippen molar-refractivity contribution < 1.29 is 9.32 Å². The maximum absolute atomic E-state index is 11.1. The van der Waals surface area contributed by atoms with Gasteiger partial charge in [0.25, 0.3) is 5.91 Å². The first kappa shape index (κ1) is 10.9. The second kappa shape index (κ2) is 4.51. The van der Waals surface area contributed by atoms with E-state index in [-0.39, 0.29) is 5.69 Å². The number of nitrogen functional groups attached to an aromatic ring is 1. The molecule has 86 valence electrons. The summed E-state index contributed by atoms with van der Waals surface area (Å²) in [5.74, 6) is 4.91. The predicted octanol–water partition coefficient (Wildman–Crippen LogP) is -0.000420. The highest BCUT2D eigenvalue weighted by Crippen LogP contribution is 2.08. The molecule has 2 heterocycles. The third-order valence-corrected chi connectivity index (χ3v) is 2.19. The van der Waals surface area contributed by atoms with Crippen molar-refractivity contribution in [2.45, 2.75) is 6.54 Å². The van der Waals surface area contributed by atoms with E-state index in [9.17, 15) is 4.79 Å². The topological polar surface area (TPSA) is 110 Å². The Bertz CT molecular complexity index is 578. The summed E-state index contributed by atoms with van der Waals surface area (Å²) < 4.78 is 6.65. The first-order valence-corrected chi connectivity index (χ1v) is 4.76. The van der Waals surface area contributed by atoms with Crippen LogP contribution in [-0.2, 0) is 6.54 Å². The highest BCUT2D eigenvalue weighted by molar-refractivity contribution is 5.91. The molecule has 0 unspecified atom stereocenters. The van der Waals surface area contributed by atoms with E-state index in [1.54, 1.807) is 22.9 Å². The minimum absolute atomic E-state index is 0.105. The fraction of sp³-hybridized carbons (Fsp3) is 0.100. The van der Waals surface area contributed by atoms with Gasteiger partial charge in [0.05, 0.1) is 6.54 Å². The average Bonchev–Trinajstić information content (AvgIpc) is 2.97. The number of nitrogens with one attached hydrogen (secondary N) is 1. The Morgan fingerprint density at radius 3 is 3.24 bits per heavy atom. The minimum Gasteiger partial charge on any atom is -0.359 e. The molecule has 2 rings (SSSR count). The maximum Gasteiger partial charge on any atom is 0.287 e. The number of hydrogen-bond donors (Lipinski definition) is 2. The lowest BCUT2D eigenvalue weighted by Crippen LogP contribution is -2.30. The molecule has 3 N–H and O–H groups in total. The number of hydrazine groups is 1. The van der Waals surface area contributed by atoms with Gasteiger partial charge in [-0.25, -0.2) is 5.84 Å². The van der Waals surface area contributed by atoms with Gasteiger partial charge in [0.2, 0.25) is 0 Å². The number of hydrogen-bond acceptors (Lipinski definition) is 5. The molecule has 0 saturated heterocycles. The standard InChI is InChI=1S/C10H9N5O2/c11-5-7-2-1-3-15(7)6-8-4-9(14-17-8)10(16)13-12/h1-4H,6,12H2,(H,13,16). The molecule has 17 heavy (non-hydrogen) atoms. The predicted molar refractivity (Wildman–Crippen MR) is 56.4 cm³/mol. The largest absolute Gasteiger partial charge is 0.359 e. The Morgan fingerprint density at radius 2 is 2.53 bits per heavy atom. The Labute approximate surface area is 96.4 Å². The quantitative estimate of drug-likeness (QED) is 0.439. The summed E-state index contributed by atoms with van der Waals surface area (Å²) >= 11 is 0. The van der Waals surface area contributed by atoms with Crippen LogP contribution in [0.25, 0.3) is 0 Å². The zero-order chi connectivity index (χ0) is 12.3. The van der Waals surface area contributed by atoms with Crippen LogP contribution in [0.2, 0.25) is 0 Å². The van der Waals surface area contributed by atoms with Gasteiger partial charge in [0.15, 0.2) is 11.5 Å². The van der Waals surface area contributed by atoms with Gasteiger partial charge in [-0.15, -0.1) is 0 Å². The SMILES string of the molecule is N#Cc1cccn1Cc1cc(C(=O)NN)no1. The Balaban J connectivity index is 2.18. The average molecular weight is 231 g/mol. The molecule has 0 spiro atoms. The van der Waals surface area contributed by atoms with Gasteiger partial charge in [0, 0.05) is 12.3 Å². The fourth-order valence-electron chi connectivity index (χ4n) is 1.39. The van der Waals surface area contributed by atoms with E-state index in [1.807, 2.05) is 11.5 Å². The normalized spacial score (nSPS) is 9.88. The van der Waals surface area contributed by atoms with Crippen LogP contribution in [0.4, 0.5) is 0 Å². The molecule has 7 nitrogen and oxygen atoms in total. The third-order valence-electron chi connectivity index (χ3n) is 2.19. The first-order chi connectivity index (χ1) is 8.24. The lowest BCUT2D eigenvalue weighted by Gasteiger charge is -1.99. The van der Waals surface area contributed by atoms with Crippen LogP contribution in [0.3, 0.4) is 0 Å². The van der Waals surface area contributed by atoms with Gasteiger partial charge in [0.1, 0.15) is 11.8 Å². The second-order valence-electron chi connectivity index (χ2n) is 3.29. The van der Waals surface area contributed by atoms with Crippen molar-refractivity contribution in [3.05, 3.63) is 41.5 Å². The number of nitrogens with two attached hydrogens (primary N) is 1. The van der Waals surface area contributed by atoms with Crippen LogP contribution in [0.1, 0.15) is 21.9 Å². The Morgan fingerprint density at radius 1 is 1.71 bits per heavy atom. The van der Waals surface area contributed by atoms with Gasteiger partial charge >= 0.3 is 0 Å². The van der Waals surface area contributed by atoms with Crippen LogP contribution >= 0.6 is 0 Å². The van der Waals surface area contributed by atoms with Gasteiger partial charge in [-0.3, -0.25) is 10.2 Å². The molecule has 1 amide bonds. The Hall–Kier alpha value is -2.59. The second-order valence-corrected chi connectivity index (χ2v) is 3.29. The molecule has 0 aliphatic rings. The first-order valence-electron chi connectivity index (χ1n) is 4.76. The monoisotopic (exact) mass is 231 g/mol. The van der Waals surface area contributed by atoms with Crippen molar-refractivity contribution in [2.24, 2.45) is 5.84 Å². The zero-order valence-corrected chi connectivity index (χ0v) is 8.75. The van der Waals surface area contributed by atoms with Crippen molar-refractivity contribution in [3.63, 3.8) is 0 Å². The van der Waals surface area contributed by atoms with Crippen LogP contribution < -0.4 is 11.3 Å². The molecule has 0 aromatic carbocycles. The molecule has 0 bridgehead atoms. The lowest BCUT2D eigenvalue weighted by atomic mass is 10.3. The van der Waals surface area contributed by atoms with Crippen LogP contribution in [0.5, 0.6) is 0 Å². The van der Waals surface area contributed by atoms with Crippen molar-refractivity contribution >= 4 is 5.91 Å². The Kier molecular flexibility index (Phi) is 2.89. The number of carbonyl (C=O) groups excluding carboxylic acids is 1. The van der Waals surface area contributed by atoms with E-state index >= 15 is 0 Å². The summed E-state index contributed by atoms with van der Waals surface area (Å²) in [7, 11) is 0. The van der Waals surface area contributed by atoms with Crippen molar-refractivity contribution in [1.29, 1.82) is 5.26 Å². The highest BCUT2D eigenvalue weighted by atomic mass is 16.5. The number of amides is 1. The van der Waals surface area contributed by atoms with Gasteiger partial charge < -0.3 is 9.09 Å². The van der Waals surface area contributed by atoms with Crippen LogP contribution in [0.15, 0.2) is 28.9 Å². The van der Waals surface area contributed by atoms with E-state index in [2.05, 4.69) is 5.16 Å². The molecule has 7 heteroatoms. The molecule has 2 aromatic heterocycles. The van der Waals surface area contributed by atoms with E-state index in [1.165, 1.54) is 6.07 Å². The van der Waals surface area contributed by atoms with Crippen molar-refractivity contribution in [2.75, 3.05) is 0 Å². The maximum atomic E-state index is 11.1. The van der Waals surface area contributed by atoms with Crippen molar-refractivity contribution in [3.8, 4) is 6.07 Å². The van der Waals surface area contributed by atoms with Gasteiger partial charge in [-0.05, 0) is 12.1 Å². The summed E-state index contributed by atoms with van der Waals surface area (Å²) in [6.07, 6.45) is 1.74. The molecule has 0 atom stereocenters. The molecule has 0 radical (unpaired) electrons. The van der Waals surface area contributed by atoms with E-state index in [0.717, 1.165) is 0 Å². The highest BCUT2D eigenvalue weighted by Gasteiger charge is 2.12. The summed E-state index contributed by atoms with van der Waals surface area (Å²) in [5.41, 5.74) is 2.57. The molecule has 2 aromatic rings. The van der Waals surface area contributed by atoms with Crippen LogP contribution in [-0.4, -0.2) is 15.6 Å². The summed E-state index contributed by atoms with van der Waals surface area (Å²) in [4.78, 5) is 11.1.